The molecule has 2 rings (SSSR count). The maximum atomic E-state index is 12.1. The lowest BCUT2D eigenvalue weighted by Crippen LogP contribution is -2.16. The van der Waals surface area contributed by atoms with Crippen LogP contribution in [0.3, 0.4) is 0 Å². The first kappa shape index (κ1) is 21.8. The summed E-state index contributed by atoms with van der Waals surface area (Å²) in [6.45, 7) is 12.4. The van der Waals surface area contributed by atoms with E-state index in [1.165, 1.54) is 77.6 Å². The molecule has 0 fully saturated rings. The van der Waals surface area contributed by atoms with Crippen LogP contribution < -0.4 is 4.72 Å². The number of unbranched alkanes of at least 4 members (excludes halogenated alkanes) is 2. The molecular formula is C24H35NOS. The van der Waals surface area contributed by atoms with Crippen LogP contribution in [-0.2, 0) is 11.2 Å². The quantitative estimate of drug-likeness (QED) is 0.281. The van der Waals surface area contributed by atoms with Crippen LogP contribution in [-0.4, -0.2) is 5.91 Å². The van der Waals surface area contributed by atoms with E-state index >= 15 is 0 Å². The minimum absolute atomic E-state index is 0.0326. The van der Waals surface area contributed by atoms with E-state index < -0.39 is 0 Å². The van der Waals surface area contributed by atoms with Gasteiger partial charge in [-0.3, -0.25) is 9.52 Å². The number of hydrogen-bond acceptors (Lipinski definition) is 2. The van der Waals surface area contributed by atoms with E-state index in [9.17, 15) is 4.79 Å². The van der Waals surface area contributed by atoms with E-state index in [1.807, 2.05) is 6.92 Å². The number of rotatable bonds is 9. The molecule has 0 bridgehead atoms. The molecule has 1 aliphatic rings. The third-order valence-electron chi connectivity index (χ3n) is 5.28. The third-order valence-corrected chi connectivity index (χ3v) is 6.38. The predicted octanol–water partition coefficient (Wildman–Crippen LogP) is 7.03. The summed E-state index contributed by atoms with van der Waals surface area (Å²) in [5.41, 5.74) is 6.51. The van der Waals surface area contributed by atoms with Crippen molar-refractivity contribution in [2.45, 2.75) is 89.9 Å². The molecule has 1 atom stereocenters. The van der Waals surface area contributed by atoms with Crippen LogP contribution in [0.4, 0.5) is 0 Å². The molecule has 1 aliphatic carbocycles. The largest absolute Gasteiger partial charge is 0.296 e. The maximum absolute atomic E-state index is 12.1. The Morgan fingerprint density at radius 2 is 2.07 bits per heavy atom. The molecule has 2 nitrogen and oxygen atoms in total. The molecule has 1 aromatic rings. The van der Waals surface area contributed by atoms with E-state index in [4.69, 9.17) is 0 Å². The standard InChI is InChI=1S/C24H35NOS/c1-6-7-8-11-20-13-14-22(21-12-9-10-18(4)16-21)19(5)24(20)27-25-23(26)15-17(2)3/h13-14,16,21H,2,6-12,15H2,1,3-5H3,(H,25,26). The Morgan fingerprint density at radius 3 is 2.74 bits per heavy atom. The molecule has 0 heterocycles. The average Bonchev–Trinajstić information content (AvgIpc) is 2.60. The highest BCUT2D eigenvalue weighted by molar-refractivity contribution is 7.98. The molecule has 148 valence electrons. The smallest absolute Gasteiger partial charge is 0.234 e. The van der Waals surface area contributed by atoms with Crippen molar-refractivity contribution < 1.29 is 4.79 Å². The summed E-state index contributed by atoms with van der Waals surface area (Å²) < 4.78 is 3.04. The second kappa shape index (κ2) is 10.8. The van der Waals surface area contributed by atoms with Gasteiger partial charge in [0.15, 0.2) is 0 Å². The van der Waals surface area contributed by atoms with Crippen molar-refractivity contribution in [2.24, 2.45) is 0 Å². The van der Waals surface area contributed by atoms with Crippen LogP contribution in [0.15, 0.2) is 40.8 Å². The summed E-state index contributed by atoms with van der Waals surface area (Å²) in [5.74, 6) is 0.541. The van der Waals surface area contributed by atoms with Crippen LogP contribution in [0, 0.1) is 6.92 Å². The molecule has 0 spiro atoms. The lowest BCUT2D eigenvalue weighted by Gasteiger charge is -2.24. The van der Waals surface area contributed by atoms with Gasteiger partial charge >= 0.3 is 0 Å². The lowest BCUT2D eigenvalue weighted by molar-refractivity contribution is -0.118. The van der Waals surface area contributed by atoms with Crippen molar-refractivity contribution in [2.75, 3.05) is 0 Å². The highest BCUT2D eigenvalue weighted by Gasteiger charge is 2.19. The van der Waals surface area contributed by atoms with Gasteiger partial charge < -0.3 is 0 Å². The first-order valence-electron chi connectivity index (χ1n) is 10.3. The van der Waals surface area contributed by atoms with Gasteiger partial charge in [-0.05, 0) is 81.5 Å². The second-order valence-corrected chi connectivity index (χ2v) is 8.81. The fourth-order valence-electron chi connectivity index (χ4n) is 3.84. The van der Waals surface area contributed by atoms with Gasteiger partial charge in [-0.1, -0.05) is 55.7 Å². The molecule has 1 amide bonds. The van der Waals surface area contributed by atoms with E-state index in [2.05, 4.69) is 50.3 Å². The van der Waals surface area contributed by atoms with Crippen molar-refractivity contribution in [3.05, 3.63) is 52.6 Å². The van der Waals surface area contributed by atoms with Crippen LogP contribution in [0.25, 0.3) is 0 Å². The molecule has 1 unspecified atom stereocenters. The summed E-state index contributed by atoms with van der Waals surface area (Å²) in [5, 5.41) is 0. The van der Waals surface area contributed by atoms with Crippen molar-refractivity contribution >= 4 is 17.9 Å². The highest BCUT2D eigenvalue weighted by Crippen LogP contribution is 2.37. The number of hydrogen-bond donors (Lipinski definition) is 1. The molecule has 1 aromatic carbocycles. The number of benzene rings is 1. The zero-order valence-electron chi connectivity index (χ0n) is 17.5. The number of aryl methyl sites for hydroxylation is 1. The number of allylic oxidation sites excluding steroid dienone is 2. The lowest BCUT2D eigenvalue weighted by atomic mass is 9.83. The second-order valence-electron chi connectivity index (χ2n) is 8.00. The van der Waals surface area contributed by atoms with Crippen molar-refractivity contribution in [1.29, 1.82) is 0 Å². The van der Waals surface area contributed by atoms with E-state index in [0.29, 0.717) is 12.3 Å². The van der Waals surface area contributed by atoms with Gasteiger partial charge in [0.25, 0.3) is 0 Å². The average molecular weight is 386 g/mol. The summed E-state index contributed by atoms with van der Waals surface area (Å²) in [6, 6.07) is 4.62. The molecular weight excluding hydrogens is 350 g/mol. The molecule has 0 aromatic heterocycles. The zero-order chi connectivity index (χ0) is 19.8. The Kier molecular flexibility index (Phi) is 8.69. The fraction of sp³-hybridized carbons (Fsp3) is 0.542. The summed E-state index contributed by atoms with van der Waals surface area (Å²) in [6.07, 6.45) is 11.3. The van der Waals surface area contributed by atoms with Crippen LogP contribution in [0.5, 0.6) is 0 Å². The van der Waals surface area contributed by atoms with Crippen molar-refractivity contribution in [1.82, 2.24) is 4.72 Å². The summed E-state index contributed by atoms with van der Waals surface area (Å²) in [4.78, 5) is 13.4. The molecule has 0 saturated heterocycles. The Morgan fingerprint density at radius 1 is 1.30 bits per heavy atom. The Bertz CT molecular complexity index is 705. The molecule has 3 heteroatoms. The predicted molar refractivity (Wildman–Crippen MR) is 118 cm³/mol. The van der Waals surface area contributed by atoms with Gasteiger partial charge in [0.2, 0.25) is 5.91 Å². The molecule has 27 heavy (non-hydrogen) atoms. The van der Waals surface area contributed by atoms with Gasteiger partial charge in [-0.2, -0.15) is 0 Å². The van der Waals surface area contributed by atoms with Gasteiger partial charge in [-0.15, -0.1) is 0 Å². The van der Waals surface area contributed by atoms with Gasteiger partial charge in [0.05, 0.1) is 0 Å². The SMILES string of the molecule is C=C(C)CC(=O)NSc1c(CCCCC)ccc(C2C=C(C)CCC2)c1C. The van der Waals surface area contributed by atoms with Crippen molar-refractivity contribution in [3.8, 4) is 0 Å². The fourth-order valence-corrected chi connectivity index (χ4v) is 4.70. The number of amides is 1. The topological polar surface area (TPSA) is 29.1 Å². The number of nitrogens with one attached hydrogen (secondary N) is 1. The first-order valence-corrected chi connectivity index (χ1v) is 11.1. The van der Waals surface area contributed by atoms with E-state index in [1.54, 1.807) is 0 Å². The van der Waals surface area contributed by atoms with Gasteiger partial charge in [-0.25, -0.2) is 0 Å². The normalized spacial score (nSPS) is 16.7. The van der Waals surface area contributed by atoms with Crippen LogP contribution in [0.2, 0.25) is 0 Å². The van der Waals surface area contributed by atoms with Crippen LogP contribution in [0.1, 0.15) is 88.3 Å². The summed E-state index contributed by atoms with van der Waals surface area (Å²) >= 11 is 1.50. The molecule has 0 radical (unpaired) electrons. The van der Waals surface area contributed by atoms with Gasteiger partial charge in [0.1, 0.15) is 0 Å². The number of carbonyl (C=O) groups is 1. The Balaban J connectivity index is 2.26. The Hall–Kier alpha value is -1.48. The molecule has 1 N–H and O–H groups in total. The highest BCUT2D eigenvalue weighted by atomic mass is 32.2. The monoisotopic (exact) mass is 385 g/mol. The summed E-state index contributed by atoms with van der Waals surface area (Å²) in [7, 11) is 0. The maximum Gasteiger partial charge on any atom is 0.234 e. The number of carbonyl (C=O) groups excluding carboxylic acids is 1. The van der Waals surface area contributed by atoms with E-state index in [-0.39, 0.29) is 5.91 Å². The van der Waals surface area contributed by atoms with Crippen LogP contribution >= 0.6 is 11.9 Å². The minimum Gasteiger partial charge on any atom is -0.296 e. The molecule has 0 aliphatic heterocycles. The van der Waals surface area contributed by atoms with E-state index in [0.717, 1.165) is 12.0 Å². The minimum atomic E-state index is 0.0326. The van der Waals surface area contributed by atoms with Crippen molar-refractivity contribution in [3.63, 3.8) is 0 Å². The first-order chi connectivity index (χ1) is 12.9. The Labute approximate surface area is 170 Å². The third kappa shape index (κ3) is 6.57. The van der Waals surface area contributed by atoms with Gasteiger partial charge in [0, 0.05) is 17.2 Å². The zero-order valence-corrected chi connectivity index (χ0v) is 18.3. The molecule has 0 saturated carbocycles.